The van der Waals surface area contributed by atoms with E-state index in [9.17, 15) is 22.8 Å². The third-order valence-corrected chi connectivity index (χ3v) is 4.30. The normalized spacial score (nSPS) is 17.0. The van der Waals surface area contributed by atoms with Gasteiger partial charge in [-0.15, -0.1) is 0 Å². The Labute approximate surface area is 155 Å². The van der Waals surface area contributed by atoms with Crippen LogP contribution in [0.25, 0.3) is 16.9 Å². The third kappa shape index (κ3) is 3.15. The predicted octanol–water partition coefficient (Wildman–Crippen LogP) is 1.45. The molecule has 144 valence electrons. The van der Waals surface area contributed by atoms with Gasteiger partial charge in [0.2, 0.25) is 5.91 Å². The maximum Gasteiger partial charge on any atom is 0.435 e. The van der Waals surface area contributed by atoms with Crippen LogP contribution in [0.3, 0.4) is 0 Å². The summed E-state index contributed by atoms with van der Waals surface area (Å²) < 4.78 is 40.7. The quantitative estimate of drug-likeness (QED) is 0.705. The fourth-order valence-electron chi connectivity index (χ4n) is 2.95. The van der Waals surface area contributed by atoms with Crippen molar-refractivity contribution in [3.05, 3.63) is 47.9 Å². The molecule has 0 radical (unpaired) electrons. The molecule has 0 unspecified atom stereocenters. The number of para-hydroxylation sites is 1. The van der Waals surface area contributed by atoms with Crippen LogP contribution in [-0.4, -0.2) is 44.1 Å². The topological polar surface area (TPSA) is 102 Å². The number of aromatic nitrogens is 4. The van der Waals surface area contributed by atoms with Crippen LogP contribution in [0.1, 0.15) is 22.5 Å². The van der Waals surface area contributed by atoms with Gasteiger partial charge in [0.15, 0.2) is 5.69 Å². The molecule has 4 rings (SSSR count). The van der Waals surface area contributed by atoms with E-state index in [0.29, 0.717) is 13.0 Å². The van der Waals surface area contributed by atoms with Gasteiger partial charge in [0, 0.05) is 24.3 Å². The molecule has 0 aliphatic carbocycles. The lowest BCUT2D eigenvalue weighted by molar-refractivity contribution is -0.140. The Balaban J connectivity index is 1.64. The molecule has 28 heavy (non-hydrogen) atoms. The number of nitrogens with zero attached hydrogens (tertiary/aromatic N) is 4. The number of hydrogen-bond acceptors (Lipinski definition) is 5. The molecular weight excluding hydrogens is 377 g/mol. The van der Waals surface area contributed by atoms with Crippen molar-refractivity contribution >= 4 is 22.7 Å². The summed E-state index contributed by atoms with van der Waals surface area (Å²) in [4.78, 5) is 31.7. The average Bonchev–Trinajstić information content (AvgIpc) is 3.25. The zero-order chi connectivity index (χ0) is 19.9. The summed E-state index contributed by atoms with van der Waals surface area (Å²) in [5.74, 6) is -0.926. The number of benzene rings is 1. The van der Waals surface area contributed by atoms with E-state index in [1.165, 1.54) is 30.6 Å². The van der Waals surface area contributed by atoms with Crippen LogP contribution < -0.4 is 10.6 Å². The van der Waals surface area contributed by atoms with Gasteiger partial charge < -0.3 is 10.6 Å². The standard InChI is InChI=1S/C17H13F3N6O2/c18-17(19,20)13-10-3-1-2-4-12(10)26(25-13)16-22-7-9(8-23-16)14(27)24-11-5-6-21-15(11)28/h1-4,7-8,11H,5-6H2,(H,21,28)(H,24,27)/t11-/m1/s1. The number of halogens is 3. The summed E-state index contributed by atoms with van der Waals surface area (Å²) in [5.41, 5.74) is -0.772. The number of carbonyl (C=O) groups is 2. The monoisotopic (exact) mass is 390 g/mol. The van der Waals surface area contributed by atoms with E-state index in [0.717, 1.165) is 4.68 Å². The highest BCUT2D eigenvalue weighted by Gasteiger charge is 2.37. The maximum absolute atomic E-state index is 13.2. The summed E-state index contributed by atoms with van der Waals surface area (Å²) in [5, 5.41) is 8.69. The van der Waals surface area contributed by atoms with Crippen LogP contribution in [0, 0.1) is 0 Å². The molecule has 3 heterocycles. The highest BCUT2D eigenvalue weighted by molar-refractivity contribution is 5.97. The molecule has 8 nitrogen and oxygen atoms in total. The second-order valence-corrected chi connectivity index (χ2v) is 6.15. The molecule has 1 aliphatic rings. The number of rotatable bonds is 3. The number of fused-ring (bicyclic) bond motifs is 1. The van der Waals surface area contributed by atoms with Crippen molar-refractivity contribution in [3.8, 4) is 5.95 Å². The molecule has 0 spiro atoms. The van der Waals surface area contributed by atoms with E-state index in [1.54, 1.807) is 6.07 Å². The number of hydrogen-bond donors (Lipinski definition) is 2. The van der Waals surface area contributed by atoms with Crippen molar-refractivity contribution in [3.63, 3.8) is 0 Å². The van der Waals surface area contributed by atoms with Gasteiger partial charge in [0.05, 0.1) is 11.1 Å². The Morgan fingerprint density at radius 1 is 1.21 bits per heavy atom. The van der Waals surface area contributed by atoms with Crippen LogP contribution in [-0.2, 0) is 11.0 Å². The summed E-state index contributed by atoms with van der Waals surface area (Å²) in [7, 11) is 0. The van der Waals surface area contributed by atoms with Gasteiger partial charge in [-0.2, -0.15) is 23.0 Å². The van der Waals surface area contributed by atoms with Crippen molar-refractivity contribution in [2.45, 2.75) is 18.6 Å². The first kappa shape index (κ1) is 17.9. The summed E-state index contributed by atoms with van der Waals surface area (Å²) in [6.07, 6.45) is -1.81. The number of amides is 2. The van der Waals surface area contributed by atoms with Crippen molar-refractivity contribution < 1.29 is 22.8 Å². The first-order chi connectivity index (χ1) is 13.3. The van der Waals surface area contributed by atoms with Gasteiger partial charge in [0.25, 0.3) is 11.9 Å². The fourth-order valence-corrected chi connectivity index (χ4v) is 2.95. The van der Waals surface area contributed by atoms with Gasteiger partial charge in [0.1, 0.15) is 6.04 Å². The van der Waals surface area contributed by atoms with E-state index >= 15 is 0 Å². The summed E-state index contributed by atoms with van der Waals surface area (Å²) in [6, 6.07) is 5.22. The van der Waals surface area contributed by atoms with Crippen molar-refractivity contribution in [1.29, 1.82) is 0 Å². The van der Waals surface area contributed by atoms with Crippen LogP contribution in [0.2, 0.25) is 0 Å². The molecule has 1 saturated heterocycles. The second kappa shape index (κ2) is 6.59. The molecule has 11 heteroatoms. The Bertz CT molecular complexity index is 1060. The van der Waals surface area contributed by atoms with Gasteiger partial charge in [-0.05, 0) is 12.5 Å². The van der Waals surface area contributed by atoms with Crippen LogP contribution in [0.5, 0.6) is 0 Å². The minimum Gasteiger partial charge on any atom is -0.354 e. The summed E-state index contributed by atoms with van der Waals surface area (Å²) in [6.45, 7) is 0.479. The molecule has 1 fully saturated rings. The third-order valence-electron chi connectivity index (χ3n) is 4.30. The molecule has 0 saturated carbocycles. The fraction of sp³-hybridized carbons (Fsp3) is 0.235. The van der Waals surface area contributed by atoms with Gasteiger partial charge in [-0.25, -0.2) is 9.97 Å². The highest BCUT2D eigenvalue weighted by atomic mass is 19.4. The SMILES string of the molecule is O=C(N[C@@H]1CCNC1=O)c1cnc(-n2nc(C(F)(F)F)c3ccccc32)nc1. The number of nitrogens with one attached hydrogen (secondary N) is 2. The first-order valence-electron chi connectivity index (χ1n) is 8.30. The zero-order valence-electron chi connectivity index (χ0n) is 14.2. The average molecular weight is 390 g/mol. The van der Waals surface area contributed by atoms with Crippen LogP contribution in [0.4, 0.5) is 13.2 Å². The lowest BCUT2D eigenvalue weighted by atomic mass is 10.2. The van der Waals surface area contributed by atoms with Crippen molar-refractivity contribution in [1.82, 2.24) is 30.4 Å². The summed E-state index contributed by atoms with van der Waals surface area (Å²) >= 11 is 0. The lowest BCUT2D eigenvalue weighted by Crippen LogP contribution is -2.40. The van der Waals surface area contributed by atoms with Gasteiger partial charge >= 0.3 is 6.18 Å². The molecule has 2 amide bonds. The zero-order valence-corrected chi connectivity index (χ0v) is 14.2. The molecule has 3 aromatic rings. The first-order valence-corrected chi connectivity index (χ1v) is 8.30. The molecule has 1 atom stereocenters. The Morgan fingerprint density at radius 3 is 2.57 bits per heavy atom. The highest BCUT2D eigenvalue weighted by Crippen LogP contribution is 2.34. The van der Waals surface area contributed by atoms with Crippen molar-refractivity contribution in [2.24, 2.45) is 0 Å². The number of carbonyl (C=O) groups excluding carboxylic acids is 2. The lowest BCUT2D eigenvalue weighted by Gasteiger charge is -2.09. The molecule has 2 N–H and O–H groups in total. The van der Waals surface area contributed by atoms with Crippen LogP contribution in [0.15, 0.2) is 36.7 Å². The molecule has 1 aliphatic heterocycles. The van der Waals surface area contributed by atoms with Crippen LogP contribution >= 0.6 is 0 Å². The van der Waals surface area contributed by atoms with E-state index in [4.69, 9.17) is 0 Å². The largest absolute Gasteiger partial charge is 0.435 e. The van der Waals surface area contributed by atoms with E-state index in [2.05, 4.69) is 25.7 Å². The van der Waals surface area contributed by atoms with Gasteiger partial charge in [-0.1, -0.05) is 18.2 Å². The van der Waals surface area contributed by atoms with E-state index in [-0.39, 0.29) is 28.3 Å². The molecule has 2 aromatic heterocycles. The van der Waals surface area contributed by atoms with Crippen molar-refractivity contribution in [2.75, 3.05) is 6.54 Å². The molecule has 1 aromatic carbocycles. The predicted molar refractivity (Wildman–Crippen MR) is 90.5 cm³/mol. The Kier molecular flexibility index (Phi) is 4.21. The maximum atomic E-state index is 13.2. The minimum absolute atomic E-state index is 0.0762. The Morgan fingerprint density at radius 2 is 1.93 bits per heavy atom. The molecular formula is C17H13F3N6O2. The van der Waals surface area contributed by atoms with Gasteiger partial charge in [-0.3, -0.25) is 9.59 Å². The minimum atomic E-state index is -4.63. The van der Waals surface area contributed by atoms with E-state index in [1.807, 2.05) is 0 Å². The Hall–Kier alpha value is -3.50. The van der Waals surface area contributed by atoms with E-state index < -0.39 is 23.8 Å². The number of alkyl halides is 3. The smallest absolute Gasteiger partial charge is 0.354 e. The molecule has 0 bridgehead atoms. The second-order valence-electron chi connectivity index (χ2n) is 6.15.